The number of esters is 1. The highest BCUT2D eigenvalue weighted by Crippen LogP contribution is 2.35. The molecule has 7 nitrogen and oxygen atoms in total. The van der Waals surface area contributed by atoms with Crippen LogP contribution >= 0.6 is 11.3 Å². The van der Waals surface area contributed by atoms with Crippen molar-refractivity contribution in [3.05, 3.63) is 51.8 Å². The van der Waals surface area contributed by atoms with E-state index in [1.807, 2.05) is 44.2 Å². The molecule has 0 bridgehead atoms. The van der Waals surface area contributed by atoms with Gasteiger partial charge in [0.1, 0.15) is 19.8 Å². The fourth-order valence-corrected chi connectivity index (χ4v) is 4.54. The van der Waals surface area contributed by atoms with Crippen molar-refractivity contribution in [2.45, 2.75) is 33.7 Å². The van der Waals surface area contributed by atoms with Crippen molar-refractivity contribution in [1.82, 2.24) is 4.57 Å². The van der Waals surface area contributed by atoms with Crippen LogP contribution in [-0.2, 0) is 27.3 Å². The van der Waals surface area contributed by atoms with Gasteiger partial charge in [-0.05, 0) is 31.9 Å². The SMILES string of the molecule is CCOC(=O)Cn1c(=NC(=O)Cc2cc(C)ccc2C)sc2cc3c(cc21)OCCO3. The van der Waals surface area contributed by atoms with E-state index in [4.69, 9.17) is 14.2 Å². The molecule has 1 aromatic heterocycles. The summed E-state index contributed by atoms with van der Waals surface area (Å²) in [5, 5.41) is 0. The molecule has 162 valence electrons. The Labute approximate surface area is 183 Å². The molecule has 4 rings (SSSR count). The lowest BCUT2D eigenvalue weighted by molar-refractivity contribution is -0.143. The van der Waals surface area contributed by atoms with E-state index in [9.17, 15) is 9.59 Å². The summed E-state index contributed by atoms with van der Waals surface area (Å²) in [6.07, 6.45) is 0.198. The van der Waals surface area contributed by atoms with Gasteiger partial charge in [0.25, 0.3) is 5.91 Å². The monoisotopic (exact) mass is 440 g/mol. The van der Waals surface area contributed by atoms with Gasteiger partial charge < -0.3 is 18.8 Å². The number of ether oxygens (including phenoxy) is 3. The van der Waals surface area contributed by atoms with Gasteiger partial charge in [-0.15, -0.1) is 0 Å². The zero-order valence-electron chi connectivity index (χ0n) is 17.8. The minimum Gasteiger partial charge on any atom is -0.486 e. The Morgan fingerprint density at radius 3 is 2.61 bits per heavy atom. The van der Waals surface area contributed by atoms with Crippen molar-refractivity contribution < 1.29 is 23.8 Å². The molecule has 0 N–H and O–H groups in total. The van der Waals surface area contributed by atoms with E-state index in [1.165, 1.54) is 11.3 Å². The number of aromatic nitrogens is 1. The largest absolute Gasteiger partial charge is 0.486 e. The van der Waals surface area contributed by atoms with Crippen LogP contribution in [0.25, 0.3) is 10.2 Å². The molecule has 0 saturated carbocycles. The Bertz CT molecular complexity index is 1220. The molecule has 2 heterocycles. The quantitative estimate of drug-likeness (QED) is 0.569. The highest BCUT2D eigenvalue weighted by molar-refractivity contribution is 7.16. The van der Waals surface area contributed by atoms with Crippen LogP contribution in [0, 0.1) is 13.8 Å². The molecule has 8 heteroatoms. The number of thiazole rings is 1. The molecule has 0 fully saturated rings. The zero-order chi connectivity index (χ0) is 22.0. The van der Waals surface area contributed by atoms with Crippen LogP contribution in [0.3, 0.4) is 0 Å². The molecule has 0 atom stereocenters. The molecule has 31 heavy (non-hydrogen) atoms. The summed E-state index contributed by atoms with van der Waals surface area (Å²) in [6.45, 7) is 6.93. The van der Waals surface area contributed by atoms with Gasteiger partial charge in [-0.1, -0.05) is 35.1 Å². The van der Waals surface area contributed by atoms with Gasteiger partial charge in [-0.2, -0.15) is 4.99 Å². The van der Waals surface area contributed by atoms with Gasteiger partial charge >= 0.3 is 5.97 Å². The normalized spacial score (nSPS) is 13.5. The van der Waals surface area contributed by atoms with Crippen LogP contribution < -0.4 is 14.3 Å². The molecular formula is C23H24N2O5S. The van der Waals surface area contributed by atoms with Crippen molar-refractivity contribution in [2.24, 2.45) is 4.99 Å². The van der Waals surface area contributed by atoms with Crippen LogP contribution in [0.4, 0.5) is 0 Å². The maximum absolute atomic E-state index is 12.8. The predicted molar refractivity (Wildman–Crippen MR) is 118 cm³/mol. The third-order valence-corrected chi connectivity index (χ3v) is 6.05. The Kier molecular flexibility index (Phi) is 6.08. The number of carbonyl (C=O) groups is 2. The summed E-state index contributed by atoms with van der Waals surface area (Å²) < 4.78 is 19.0. The Morgan fingerprint density at radius 1 is 1.13 bits per heavy atom. The lowest BCUT2D eigenvalue weighted by Crippen LogP contribution is -2.23. The van der Waals surface area contributed by atoms with E-state index in [0.29, 0.717) is 29.5 Å². The van der Waals surface area contributed by atoms with Crippen LogP contribution in [0.15, 0.2) is 35.3 Å². The Morgan fingerprint density at radius 2 is 1.87 bits per heavy atom. The first-order valence-electron chi connectivity index (χ1n) is 10.2. The number of hydrogen-bond donors (Lipinski definition) is 0. The third-order valence-electron chi connectivity index (χ3n) is 5.01. The van der Waals surface area contributed by atoms with Gasteiger partial charge in [0.15, 0.2) is 16.3 Å². The molecule has 0 aliphatic carbocycles. The number of hydrogen-bond acceptors (Lipinski definition) is 6. The maximum Gasteiger partial charge on any atom is 0.326 e. The molecule has 0 spiro atoms. The fourth-order valence-electron chi connectivity index (χ4n) is 3.48. The van der Waals surface area contributed by atoms with Gasteiger partial charge in [0.05, 0.1) is 23.2 Å². The minimum absolute atomic E-state index is 0.0386. The first kappa shape index (κ1) is 21.1. The number of rotatable bonds is 5. The van der Waals surface area contributed by atoms with E-state index in [0.717, 1.165) is 26.9 Å². The van der Waals surface area contributed by atoms with Crippen molar-refractivity contribution in [3.63, 3.8) is 0 Å². The second kappa shape index (κ2) is 8.93. The standard InChI is InChI=1S/C23H24N2O5S/c1-4-28-22(27)13-25-17-11-18-19(30-8-7-29-18)12-20(17)31-23(25)24-21(26)10-16-9-14(2)5-6-15(16)3/h5-6,9,11-12H,4,7-8,10,13H2,1-3H3. The van der Waals surface area contributed by atoms with E-state index in [1.54, 1.807) is 11.5 Å². The van der Waals surface area contributed by atoms with E-state index >= 15 is 0 Å². The molecule has 2 aromatic carbocycles. The fraction of sp³-hybridized carbons (Fsp3) is 0.348. The van der Waals surface area contributed by atoms with Crippen molar-refractivity contribution in [1.29, 1.82) is 0 Å². The van der Waals surface area contributed by atoms with Gasteiger partial charge in [0, 0.05) is 12.1 Å². The topological polar surface area (TPSA) is 79.1 Å². The highest BCUT2D eigenvalue weighted by Gasteiger charge is 2.18. The van der Waals surface area contributed by atoms with Crippen LogP contribution in [-0.4, -0.2) is 36.3 Å². The zero-order valence-corrected chi connectivity index (χ0v) is 18.6. The van der Waals surface area contributed by atoms with E-state index in [-0.39, 0.29) is 31.4 Å². The van der Waals surface area contributed by atoms with Crippen LogP contribution in [0.5, 0.6) is 11.5 Å². The number of benzene rings is 2. The Balaban J connectivity index is 1.76. The summed E-state index contributed by atoms with van der Waals surface area (Å²) in [4.78, 5) is 29.8. The summed E-state index contributed by atoms with van der Waals surface area (Å²) >= 11 is 1.34. The number of amides is 1. The average Bonchev–Trinajstić information content (AvgIpc) is 3.05. The second-order valence-corrected chi connectivity index (χ2v) is 8.36. The molecule has 1 aliphatic heterocycles. The molecule has 0 saturated heterocycles. The molecule has 0 radical (unpaired) electrons. The highest BCUT2D eigenvalue weighted by atomic mass is 32.1. The van der Waals surface area contributed by atoms with Crippen molar-refractivity contribution >= 4 is 33.4 Å². The maximum atomic E-state index is 12.8. The molecule has 3 aromatic rings. The number of carbonyl (C=O) groups excluding carboxylic acids is 2. The second-order valence-electron chi connectivity index (χ2n) is 7.35. The Hall–Kier alpha value is -3.13. The lowest BCUT2D eigenvalue weighted by Gasteiger charge is -2.18. The average molecular weight is 441 g/mol. The van der Waals surface area contributed by atoms with Crippen molar-refractivity contribution in [2.75, 3.05) is 19.8 Å². The van der Waals surface area contributed by atoms with Gasteiger partial charge in [-0.25, -0.2) is 0 Å². The van der Waals surface area contributed by atoms with E-state index < -0.39 is 0 Å². The summed E-state index contributed by atoms with van der Waals surface area (Å²) in [5.41, 5.74) is 3.84. The molecular weight excluding hydrogens is 416 g/mol. The van der Waals surface area contributed by atoms with Crippen LogP contribution in [0.2, 0.25) is 0 Å². The lowest BCUT2D eigenvalue weighted by atomic mass is 10.0. The predicted octanol–water partition coefficient (Wildman–Crippen LogP) is 3.32. The number of aryl methyl sites for hydroxylation is 2. The van der Waals surface area contributed by atoms with Crippen molar-refractivity contribution in [3.8, 4) is 11.5 Å². The third kappa shape index (κ3) is 4.64. The summed E-state index contributed by atoms with van der Waals surface area (Å²) in [7, 11) is 0. The number of nitrogens with zero attached hydrogens (tertiary/aromatic N) is 2. The van der Waals surface area contributed by atoms with Gasteiger partial charge in [-0.3, -0.25) is 9.59 Å². The van der Waals surface area contributed by atoms with Crippen LogP contribution in [0.1, 0.15) is 23.6 Å². The first-order chi connectivity index (χ1) is 14.9. The molecule has 1 aliphatic rings. The molecule has 1 amide bonds. The summed E-state index contributed by atoms with van der Waals surface area (Å²) in [5.74, 6) is 0.606. The summed E-state index contributed by atoms with van der Waals surface area (Å²) in [6, 6.07) is 9.72. The molecule has 0 unspecified atom stereocenters. The first-order valence-corrected chi connectivity index (χ1v) is 11.0. The van der Waals surface area contributed by atoms with Gasteiger partial charge in [0.2, 0.25) is 0 Å². The number of fused-ring (bicyclic) bond motifs is 2. The minimum atomic E-state index is -0.388. The smallest absolute Gasteiger partial charge is 0.326 e. The van der Waals surface area contributed by atoms with E-state index in [2.05, 4.69) is 4.99 Å².